The highest BCUT2D eigenvalue weighted by Gasteiger charge is 2.45. The van der Waals surface area contributed by atoms with E-state index < -0.39 is 0 Å². The summed E-state index contributed by atoms with van der Waals surface area (Å²) in [7, 11) is 1.92. The fraction of sp³-hybridized carbons (Fsp3) is 0.652. The summed E-state index contributed by atoms with van der Waals surface area (Å²) < 4.78 is 7.50. The number of H-pyrrole nitrogens is 1. The third kappa shape index (κ3) is 4.12. The number of amides is 2. The standard InChI is InChI=1S/C23H32N6O3/c1-13-18(12-24-29(13)3)16-10-17(16)21(30)25-20-11-19(27-28-20)14-5-6-15(9-14)32-22(31)26-23(2)7-4-8-23/h11-12,14-17H,4-10H2,1-3H3,(H,26,31)(H2,25,27,28,30)/t14-,15+,16-,17-/m0/s1. The summed E-state index contributed by atoms with van der Waals surface area (Å²) in [5.74, 6) is 1.02. The van der Waals surface area contributed by atoms with E-state index in [4.69, 9.17) is 4.74 Å². The van der Waals surface area contributed by atoms with Crippen LogP contribution < -0.4 is 10.6 Å². The molecule has 172 valence electrons. The van der Waals surface area contributed by atoms with Crippen molar-refractivity contribution in [2.45, 2.75) is 82.3 Å². The molecule has 32 heavy (non-hydrogen) atoms. The molecule has 2 amide bonds. The van der Waals surface area contributed by atoms with Crippen molar-refractivity contribution in [3.05, 3.63) is 29.2 Å². The first-order valence-corrected chi connectivity index (χ1v) is 11.6. The summed E-state index contributed by atoms with van der Waals surface area (Å²) in [6.45, 7) is 4.10. The molecule has 2 aromatic rings. The van der Waals surface area contributed by atoms with Crippen LogP contribution >= 0.6 is 0 Å². The minimum Gasteiger partial charge on any atom is -0.446 e. The fourth-order valence-corrected chi connectivity index (χ4v) is 5.13. The van der Waals surface area contributed by atoms with Gasteiger partial charge in [-0.15, -0.1) is 0 Å². The molecule has 3 saturated carbocycles. The van der Waals surface area contributed by atoms with Crippen molar-refractivity contribution in [1.82, 2.24) is 25.3 Å². The van der Waals surface area contributed by atoms with Gasteiger partial charge in [-0.1, -0.05) is 0 Å². The third-order valence-electron chi connectivity index (χ3n) is 7.61. The van der Waals surface area contributed by atoms with Gasteiger partial charge in [-0.25, -0.2) is 4.79 Å². The average molecular weight is 441 g/mol. The zero-order chi connectivity index (χ0) is 22.5. The molecule has 3 N–H and O–H groups in total. The molecule has 3 aliphatic carbocycles. The molecule has 0 aliphatic heterocycles. The van der Waals surface area contributed by atoms with Crippen LogP contribution in [0.1, 0.15) is 80.7 Å². The van der Waals surface area contributed by atoms with Gasteiger partial charge in [0.1, 0.15) is 6.10 Å². The number of carbonyl (C=O) groups excluding carboxylic acids is 2. The van der Waals surface area contributed by atoms with E-state index in [0.717, 1.165) is 61.9 Å². The summed E-state index contributed by atoms with van der Waals surface area (Å²) in [5, 5.41) is 17.6. The van der Waals surface area contributed by atoms with Crippen molar-refractivity contribution in [2.75, 3.05) is 5.32 Å². The highest BCUT2D eigenvalue weighted by atomic mass is 16.6. The Morgan fingerprint density at radius 2 is 2.09 bits per heavy atom. The number of hydrogen-bond donors (Lipinski definition) is 3. The number of alkyl carbamates (subject to hydrolysis) is 1. The molecule has 0 bridgehead atoms. The van der Waals surface area contributed by atoms with Crippen molar-refractivity contribution in [2.24, 2.45) is 13.0 Å². The molecule has 9 nitrogen and oxygen atoms in total. The maximum atomic E-state index is 12.7. The minimum atomic E-state index is -0.307. The number of nitrogens with zero attached hydrogens (tertiary/aromatic N) is 3. The van der Waals surface area contributed by atoms with Gasteiger partial charge in [-0.05, 0) is 70.3 Å². The first-order chi connectivity index (χ1) is 15.3. The lowest BCUT2D eigenvalue weighted by atomic mass is 9.79. The molecule has 4 atom stereocenters. The summed E-state index contributed by atoms with van der Waals surface area (Å²) >= 11 is 0. The molecule has 0 radical (unpaired) electrons. The molecular formula is C23H32N6O3. The summed E-state index contributed by atoms with van der Waals surface area (Å²) in [4.78, 5) is 24.9. The van der Waals surface area contributed by atoms with Crippen LogP contribution in [0.5, 0.6) is 0 Å². The Balaban J connectivity index is 1.11. The van der Waals surface area contributed by atoms with E-state index in [-0.39, 0.29) is 41.4 Å². The topological polar surface area (TPSA) is 114 Å². The number of nitrogens with one attached hydrogen (secondary N) is 3. The van der Waals surface area contributed by atoms with E-state index in [1.54, 1.807) is 0 Å². The molecule has 0 spiro atoms. The van der Waals surface area contributed by atoms with Gasteiger partial charge in [-0.2, -0.15) is 10.2 Å². The molecule has 3 aliphatic rings. The molecule has 5 rings (SSSR count). The van der Waals surface area contributed by atoms with Gasteiger partial charge in [0.15, 0.2) is 5.82 Å². The van der Waals surface area contributed by atoms with Crippen LogP contribution in [-0.2, 0) is 16.6 Å². The lowest BCUT2D eigenvalue weighted by Gasteiger charge is -2.38. The largest absolute Gasteiger partial charge is 0.446 e. The van der Waals surface area contributed by atoms with E-state index in [1.807, 2.05) is 30.9 Å². The average Bonchev–Trinajstić information content (AvgIpc) is 3.00. The van der Waals surface area contributed by atoms with Gasteiger partial charge in [0, 0.05) is 41.9 Å². The number of aromatic nitrogens is 4. The lowest BCUT2D eigenvalue weighted by Crippen LogP contribution is -2.51. The van der Waals surface area contributed by atoms with Crippen molar-refractivity contribution >= 4 is 17.8 Å². The molecule has 3 fully saturated rings. The molecule has 0 aromatic carbocycles. The summed E-state index contributed by atoms with van der Waals surface area (Å²) in [5.41, 5.74) is 3.15. The SMILES string of the molecule is Cc1c([C@H]2C[C@@H]2C(=O)Nc2cc([C@H]3CC[C@@H](OC(=O)NC4(C)CCC4)C3)[nH]n2)cnn1C. The van der Waals surface area contributed by atoms with Gasteiger partial charge in [0.05, 0.1) is 6.20 Å². The number of aromatic amines is 1. The monoisotopic (exact) mass is 440 g/mol. The third-order valence-corrected chi connectivity index (χ3v) is 7.61. The van der Waals surface area contributed by atoms with E-state index in [0.29, 0.717) is 5.82 Å². The van der Waals surface area contributed by atoms with Crippen LogP contribution in [0.25, 0.3) is 0 Å². The van der Waals surface area contributed by atoms with Crippen LogP contribution in [0.4, 0.5) is 10.6 Å². The van der Waals surface area contributed by atoms with E-state index in [1.165, 1.54) is 0 Å². The van der Waals surface area contributed by atoms with Gasteiger partial charge in [0.25, 0.3) is 0 Å². The molecule has 0 saturated heterocycles. The van der Waals surface area contributed by atoms with E-state index >= 15 is 0 Å². The zero-order valence-corrected chi connectivity index (χ0v) is 19.0. The predicted molar refractivity (Wildman–Crippen MR) is 118 cm³/mol. The molecule has 2 heterocycles. The van der Waals surface area contributed by atoms with Crippen LogP contribution in [0.2, 0.25) is 0 Å². The number of hydrogen-bond acceptors (Lipinski definition) is 5. The van der Waals surface area contributed by atoms with Crippen LogP contribution in [-0.4, -0.2) is 43.6 Å². The number of aryl methyl sites for hydroxylation is 1. The van der Waals surface area contributed by atoms with Crippen molar-refractivity contribution in [3.8, 4) is 0 Å². The molecule has 2 aromatic heterocycles. The Kier molecular flexibility index (Phi) is 5.22. The fourth-order valence-electron chi connectivity index (χ4n) is 5.13. The number of ether oxygens (including phenoxy) is 1. The Hall–Kier alpha value is -2.84. The van der Waals surface area contributed by atoms with Gasteiger partial charge in [-0.3, -0.25) is 14.6 Å². The predicted octanol–water partition coefficient (Wildman–Crippen LogP) is 3.50. The summed E-state index contributed by atoms with van der Waals surface area (Å²) in [6, 6.07) is 1.91. The second kappa shape index (κ2) is 7.94. The maximum absolute atomic E-state index is 12.7. The summed E-state index contributed by atoms with van der Waals surface area (Å²) in [6.07, 6.45) is 8.04. The Morgan fingerprint density at radius 1 is 1.28 bits per heavy atom. The Morgan fingerprint density at radius 3 is 2.78 bits per heavy atom. The van der Waals surface area contributed by atoms with Crippen LogP contribution in [0.3, 0.4) is 0 Å². The second-order valence-corrected chi connectivity index (χ2v) is 10.0. The number of anilines is 1. The maximum Gasteiger partial charge on any atom is 0.407 e. The van der Waals surface area contributed by atoms with Gasteiger partial charge in [0.2, 0.25) is 5.91 Å². The van der Waals surface area contributed by atoms with Crippen LogP contribution in [0.15, 0.2) is 12.3 Å². The number of carbonyl (C=O) groups is 2. The van der Waals surface area contributed by atoms with Crippen LogP contribution in [0, 0.1) is 12.8 Å². The first kappa shape index (κ1) is 21.0. The lowest BCUT2D eigenvalue weighted by molar-refractivity contribution is -0.117. The first-order valence-electron chi connectivity index (χ1n) is 11.6. The second-order valence-electron chi connectivity index (χ2n) is 10.0. The molecular weight excluding hydrogens is 408 g/mol. The minimum absolute atomic E-state index is 0.00472. The molecule has 0 unspecified atom stereocenters. The molecule has 9 heteroatoms. The zero-order valence-electron chi connectivity index (χ0n) is 19.0. The Bertz CT molecular complexity index is 1020. The van der Waals surface area contributed by atoms with E-state index in [9.17, 15) is 9.59 Å². The van der Waals surface area contributed by atoms with Crippen molar-refractivity contribution in [1.29, 1.82) is 0 Å². The number of rotatable bonds is 6. The van der Waals surface area contributed by atoms with Gasteiger partial charge < -0.3 is 15.4 Å². The normalized spacial score (nSPS) is 28.1. The van der Waals surface area contributed by atoms with E-state index in [2.05, 4.69) is 32.9 Å². The van der Waals surface area contributed by atoms with Gasteiger partial charge >= 0.3 is 6.09 Å². The Labute approximate surface area is 187 Å². The van der Waals surface area contributed by atoms with Crippen molar-refractivity contribution < 1.29 is 14.3 Å². The smallest absolute Gasteiger partial charge is 0.407 e. The highest BCUT2D eigenvalue weighted by molar-refractivity contribution is 5.94. The highest BCUT2D eigenvalue weighted by Crippen LogP contribution is 2.49. The van der Waals surface area contributed by atoms with Crippen molar-refractivity contribution in [3.63, 3.8) is 0 Å². The quantitative estimate of drug-likeness (QED) is 0.636.